The molecule has 17 heavy (non-hydrogen) atoms. The second kappa shape index (κ2) is 4.45. The van der Waals surface area contributed by atoms with Crippen molar-refractivity contribution in [1.82, 2.24) is 4.90 Å². The number of carboxylic acids is 1. The van der Waals surface area contributed by atoms with Crippen molar-refractivity contribution in [2.24, 2.45) is 0 Å². The molecular formula is C12H13NO4. The van der Waals surface area contributed by atoms with Gasteiger partial charge in [0.05, 0.1) is 6.61 Å². The van der Waals surface area contributed by atoms with Crippen LogP contribution >= 0.6 is 0 Å². The number of ether oxygens (including phenoxy) is 1. The van der Waals surface area contributed by atoms with Gasteiger partial charge in [-0.1, -0.05) is 6.07 Å². The Hall–Kier alpha value is -2.04. The molecule has 1 N–H and O–H groups in total. The third-order valence-corrected chi connectivity index (χ3v) is 2.84. The van der Waals surface area contributed by atoms with Crippen molar-refractivity contribution in [2.75, 3.05) is 13.7 Å². The summed E-state index contributed by atoms with van der Waals surface area (Å²) in [4.78, 5) is 23.0. The van der Waals surface area contributed by atoms with E-state index in [2.05, 4.69) is 0 Å². The first kappa shape index (κ1) is 11.4. The van der Waals surface area contributed by atoms with Crippen molar-refractivity contribution in [2.45, 2.75) is 12.5 Å². The number of rotatable bonds is 4. The van der Waals surface area contributed by atoms with Crippen molar-refractivity contribution >= 4 is 12.4 Å². The van der Waals surface area contributed by atoms with Gasteiger partial charge in [-0.05, 0) is 23.3 Å². The molecule has 0 bridgehead atoms. The fourth-order valence-electron chi connectivity index (χ4n) is 1.99. The highest BCUT2D eigenvalue weighted by Crippen LogP contribution is 2.29. The van der Waals surface area contributed by atoms with Gasteiger partial charge in [0, 0.05) is 13.5 Å². The number of amides is 1. The van der Waals surface area contributed by atoms with E-state index in [0.29, 0.717) is 18.6 Å². The van der Waals surface area contributed by atoms with E-state index in [1.165, 1.54) is 7.05 Å². The Bertz CT molecular complexity index is 458. The summed E-state index contributed by atoms with van der Waals surface area (Å²) in [7, 11) is 1.45. The number of benzene rings is 1. The molecule has 1 aromatic rings. The molecule has 5 nitrogen and oxygen atoms in total. The van der Waals surface area contributed by atoms with E-state index in [9.17, 15) is 9.59 Å². The number of likely N-dealkylation sites (N-methyl/N-ethyl adjacent to an activating group) is 1. The Morgan fingerprint density at radius 2 is 2.35 bits per heavy atom. The van der Waals surface area contributed by atoms with Crippen LogP contribution in [0, 0.1) is 0 Å². The van der Waals surface area contributed by atoms with Crippen LogP contribution in [-0.4, -0.2) is 36.0 Å². The van der Waals surface area contributed by atoms with Crippen molar-refractivity contribution < 1.29 is 19.4 Å². The van der Waals surface area contributed by atoms with Crippen molar-refractivity contribution in [3.05, 3.63) is 29.3 Å². The molecule has 5 heteroatoms. The Morgan fingerprint density at radius 1 is 1.59 bits per heavy atom. The highest BCUT2D eigenvalue weighted by atomic mass is 16.5. The van der Waals surface area contributed by atoms with Crippen molar-refractivity contribution in [3.8, 4) is 5.75 Å². The van der Waals surface area contributed by atoms with E-state index in [-0.39, 0.29) is 0 Å². The first-order valence-electron chi connectivity index (χ1n) is 5.29. The number of carbonyl (C=O) groups is 2. The van der Waals surface area contributed by atoms with Gasteiger partial charge in [0.1, 0.15) is 5.75 Å². The first-order chi connectivity index (χ1) is 8.13. The molecular weight excluding hydrogens is 222 g/mol. The molecule has 1 unspecified atom stereocenters. The topological polar surface area (TPSA) is 66.8 Å². The van der Waals surface area contributed by atoms with Gasteiger partial charge < -0.3 is 14.7 Å². The van der Waals surface area contributed by atoms with Crippen molar-refractivity contribution in [3.63, 3.8) is 0 Å². The number of hydrogen-bond donors (Lipinski definition) is 1. The lowest BCUT2D eigenvalue weighted by molar-refractivity contribution is -0.145. The van der Waals surface area contributed by atoms with Gasteiger partial charge in [0.2, 0.25) is 6.41 Å². The highest BCUT2D eigenvalue weighted by Gasteiger charge is 2.25. The maximum Gasteiger partial charge on any atom is 0.331 e. The van der Waals surface area contributed by atoms with E-state index in [4.69, 9.17) is 9.84 Å². The molecule has 0 fully saturated rings. The normalized spacial score (nSPS) is 14.6. The summed E-state index contributed by atoms with van der Waals surface area (Å²) in [5.74, 6) is -0.245. The number of nitrogens with zero attached hydrogens (tertiary/aromatic N) is 1. The van der Waals surface area contributed by atoms with Gasteiger partial charge in [-0.2, -0.15) is 0 Å². The molecule has 0 saturated heterocycles. The average Bonchev–Trinajstić information content (AvgIpc) is 2.75. The monoisotopic (exact) mass is 235 g/mol. The highest BCUT2D eigenvalue weighted by molar-refractivity contribution is 5.78. The fraction of sp³-hybridized carbons (Fsp3) is 0.333. The van der Waals surface area contributed by atoms with Gasteiger partial charge in [0.15, 0.2) is 6.04 Å². The molecule has 1 aliphatic rings. The average molecular weight is 235 g/mol. The van der Waals surface area contributed by atoms with Crippen LogP contribution in [0.25, 0.3) is 0 Å². The summed E-state index contributed by atoms with van der Waals surface area (Å²) in [5.41, 5.74) is 1.59. The SMILES string of the molecule is CN(C=O)C(C(=O)O)c1ccc2c(c1)CCO2. The van der Waals surface area contributed by atoms with Crippen LogP contribution in [0.4, 0.5) is 0 Å². The lowest BCUT2D eigenvalue weighted by Crippen LogP contribution is -2.29. The molecule has 0 aromatic heterocycles. The predicted octanol–water partition coefficient (Wildman–Crippen LogP) is 0.835. The molecule has 1 amide bonds. The Kier molecular flexibility index (Phi) is 2.99. The molecule has 2 rings (SSSR count). The molecule has 0 spiro atoms. The molecule has 1 atom stereocenters. The lowest BCUT2D eigenvalue weighted by Gasteiger charge is -2.21. The second-order valence-electron chi connectivity index (χ2n) is 3.98. The van der Waals surface area contributed by atoms with E-state index in [0.717, 1.165) is 22.6 Å². The number of fused-ring (bicyclic) bond motifs is 1. The second-order valence-corrected chi connectivity index (χ2v) is 3.98. The molecule has 1 aliphatic heterocycles. The minimum absolute atomic E-state index is 0.516. The molecule has 1 heterocycles. The number of aliphatic carboxylic acids is 1. The first-order valence-corrected chi connectivity index (χ1v) is 5.29. The number of carboxylic acid groups (broad SMARTS) is 1. The molecule has 0 saturated carbocycles. The summed E-state index contributed by atoms with van der Waals surface area (Å²) >= 11 is 0. The van der Waals surface area contributed by atoms with Crippen LogP contribution in [0.2, 0.25) is 0 Å². The van der Waals surface area contributed by atoms with Crippen LogP contribution < -0.4 is 4.74 Å². The maximum absolute atomic E-state index is 11.2. The zero-order valence-electron chi connectivity index (χ0n) is 9.42. The van der Waals surface area contributed by atoms with Gasteiger partial charge in [-0.15, -0.1) is 0 Å². The predicted molar refractivity (Wildman–Crippen MR) is 59.8 cm³/mol. The van der Waals surface area contributed by atoms with Gasteiger partial charge in [-0.3, -0.25) is 4.79 Å². The van der Waals surface area contributed by atoms with Crippen LogP contribution in [0.5, 0.6) is 5.75 Å². The molecule has 0 aliphatic carbocycles. The third kappa shape index (κ3) is 2.08. The molecule has 1 aromatic carbocycles. The maximum atomic E-state index is 11.2. The number of carbonyl (C=O) groups excluding carboxylic acids is 1. The molecule has 90 valence electrons. The Balaban J connectivity index is 2.36. The zero-order chi connectivity index (χ0) is 12.4. The van der Waals surface area contributed by atoms with E-state index >= 15 is 0 Å². The van der Waals surface area contributed by atoms with Gasteiger partial charge in [0.25, 0.3) is 0 Å². The number of hydrogen-bond acceptors (Lipinski definition) is 3. The smallest absolute Gasteiger partial charge is 0.331 e. The summed E-state index contributed by atoms with van der Waals surface area (Å²) in [6.07, 6.45) is 1.29. The quantitative estimate of drug-likeness (QED) is 0.785. The van der Waals surface area contributed by atoms with Gasteiger partial charge >= 0.3 is 5.97 Å². The van der Waals surface area contributed by atoms with E-state index in [1.54, 1.807) is 18.2 Å². The van der Waals surface area contributed by atoms with E-state index < -0.39 is 12.0 Å². The van der Waals surface area contributed by atoms with Crippen LogP contribution in [0.3, 0.4) is 0 Å². The van der Waals surface area contributed by atoms with Crippen molar-refractivity contribution in [1.29, 1.82) is 0 Å². The largest absolute Gasteiger partial charge is 0.493 e. The van der Waals surface area contributed by atoms with Gasteiger partial charge in [-0.25, -0.2) is 4.79 Å². The standard InChI is InChI=1S/C12H13NO4/c1-13(7-14)11(12(15)16)9-2-3-10-8(6-9)4-5-17-10/h2-3,6-7,11H,4-5H2,1H3,(H,15,16). The minimum atomic E-state index is -1.04. The van der Waals surface area contributed by atoms with Crippen LogP contribution in [0.15, 0.2) is 18.2 Å². The summed E-state index contributed by atoms with van der Waals surface area (Å²) in [5, 5.41) is 9.14. The minimum Gasteiger partial charge on any atom is -0.493 e. The Labute approximate surface area is 98.6 Å². The third-order valence-electron chi connectivity index (χ3n) is 2.84. The van der Waals surface area contributed by atoms with E-state index in [1.807, 2.05) is 0 Å². The lowest BCUT2D eigenvalue weighted by atomic mass is 10.0. The van der Waals surface area contributed by atoms with Crippen LogP contribution in [-0.2, 0) is 16.0 Å². The molecule has 0 radical (unpaired) electrons. The van der Waals surface area contributed by atoms with Crippen LogP contribution in [0.1, 0.15) is 17.2 Å². The summed E-state index contributed by atoms with van der Waals surface area (Å²) in [6.45, 7) is 0.625. The summed E-state index contributed by atoms with van der Waals surface area (Å²) < 4.78 is 5.35. The zero-order valence-corrected chi connectivity index (χ0v) is 9.42. The Morgan fingerprint density at radius 3 is 3.00 bits per heavy atom. The summed E-state index contributed by atoms with van der Waals surface area (Å²) in [6, 6.07) is 4.29. The fourth-order valence-corrected chi connectivity index (χ4v) is 1.99.